The first-order valence-corrected chi connectivity index (χ1v) is 9.92. The van der Waals surface area contributed by atoms with Gasteiger partial charge < -0.3 is 10.6 Å². The highest BCUT2D eigenvalue weighted by Gasteiger charge is 2.18. The quantitative estimate of drug-likeness (QED) is 0.787. The van der Waals surface area contributed by atoms with Gasteiger partial charge in [0.25, 0.3) is 5.91 Å². The number of rotatable bonds is 7. The van der Waals surface area contributed by atoms with E-state index in [9.17, 15) is 9.59 Å². The molecule has 0 saturated carbocycles. The Balaban J connectivity index is 1.53. The van der Waals surface area contributed by atoms with E-state index in [1.165, 1.54) is 29.7 Å². The summed E-state index contributed by atoms with van der Waals surface area (Å²) in [5, 5.41) is 7.53. The summed E-state index contributed by atoms with van der Waals surface area (Å²) in [6.07, 6.45) is 2.53. The van der Waals surface area contributed by atoms with E-state index < -0.39 is 6.04 Å². The van der Waals surface area contributed by atoms with Crippen molar-refractivity contribution in [3.05, 3.63) is 57.8 Å². The van der Waals surface area contributed by atoms with Crippen LogP contribution in [0.2, 0.25) is 0 Å². The average Bonchev–Trinajstić information content (AvgIpc) is 3.34. The lowest BCUT2D eigenvalue weighted by Crippen LogP contribution is -2.44. The molecule has 2 aromatic rings. The molecular formula is C20H25N3O2S. The van der Waals surface area contributed by atoms with Gasteiger partial charge in [0.2, 0.25) is 5.91 Å². The number of nitrogens with one attached hydrogen (secondary N) is 2. The van der Waals surface area contributed by atoms with Crippen molar-refractivity contribution in [3.63, 3.8) is 0 Å². The Morgan fingerprint density at radius 2 is 1.85 bits per heavy atom. The van der Waals surface area contributed by atoms with E-state index in [-0.39, 0.29) is 11.8 Å². The fourth-order valence-corrected chi connectivity index (χ4v) is 3.77. The highest BCUT2D eigenvalue weighted by molar-refractivity contribution is 7.12. The first-order chi connectivity index (χ1) is 12.6. The third-order valence-electron chi connectivity index (χ3n) is 4.65. The molecule has 1 aliphatic rings. The number of likely N-dealkylation sites (tertiary alicyclic amines) is 1. The maximum Gasteiger partial charge on any atom is 0.261 e. The molecule has 1 aromatic carbocycles. The Hall–Kier alpha value is -2.18. The first kappa shape index (κ1) is 18.6. The van der Waals surface area contributed by atoms with Gasteiger partial charge in [0.15, 0.2) is 0 Å². The molecule has 2 N–H and O–H groups in total. The van der Waals surface area contributed by atoms with Crippen molar-refractivity contribution in [3.8, 4) is 0 Å². The van der Waals surface area contributed by atoms with Gasteiger partial charge in [-0.15, -0.1) is 11.3 Å². The molecule has 1 atom stereocenters. The number of nitrogens with zero attached hydrogens (tertiary/aromatic N) is 1. The molecule has 1 saturated heterocycles. The van der Waals surface area contributed by atoms with Crippen molar-refractivity contribution < 1.29 is 9.59 Å². The van der Waals surface area contributed by atoms with Crippen molar-refractivity contribution in [2.45, 2.75) is 38.9 Å². The molecule has 1 fully saturated rings. The van der Waals surface area contributed by atoms with Crippen LogP contribution in [0.4, 0.5) is 0 Å². The molecule has 3 rings (SSSR count). The molecule has 2 heterocycles. The molecule has 5 nitrogen and oxygen atoms in total. The standard InChI is InChI=1S/C20H25N3O2S/c1-15(22-20(25)18-9-6-12-26-18)19(24)21-13-16-7-2-3-8-17(16)14-23-10-4-5-11-23/h2-3,6-9,12,15H,4-5,10-11,13-14H2,1H3,(H,21,24)(H,22,25). The van der Waals surface area contributed by atoms with Crippen LogP contribution in [-0.4, -0.2) is 35.8 Å². The first-order valence-electron chi connectivity index (χ1n) is 9.04. The lowest BCUT2D eigenvalue weighted by Gasteiger charge is -2.18. The number of carbonyl (C=O) groups excluding carboxylic acids is 2. The molecule has 0 spiro atoms. The molecule has 1 aromatic heterocycles. The minimum absolute atomic E-state index is 0.175. The van der Waals surface area contributed by atoms with Gasteiger partial charge >= 0.3 is 0 Å². The number of hydrogen-bond donors (Lipinski definition) is 2. The van der Waals surface area contributed by atoms with Gasteiger partial charge in [-0.1, -0.05) is 30.3 Å². The second-order valence-electron chi connectivity index (χ2n) is 6.64. The van der Waals surface area contributed by atoms with Gasteiger partial charge in [-0.2, -0.15) is 0 Å². The highest BCUT2D eigenvalue weighted by atomic mass is 32.1. The van der Waals surface area contributed by atoms with Crippen LogP contribution in [0.3, 0.4) is 0 Å². The van der Waals surface area contributed by atoms with E-state index >= 15 is 0 Å². The summed E-state index contributed by atoms with van der Waals surface area (Å²) in [5.41, 5.74) is 2.38. The van der Waals surface area contributed by atoms with Crippen LogP contribution in [-0.2, 0) is 17.9 Å². The van der Waals surface area contributed by atoms with Gasteiger partial charge in [0.05, 0.1) is 4.88 Å². The number of hydrogen-bond acceptors (Lipinski definition) is 4. The smallest absolute Gasteiger partial charge is 0.261 e. The zero-order valence-electron chi connectivity index (χ0n) is 15.0. The molecule has 138 valence electrons. The Kier molecular flexibility index (Phi) is 6.41. The summed E-state index contributed by atoms with van der Waals surface area (Å²) in [6.45, 7) is 5.40. The second-order valence-corrected chi connectivity index (χ2v) is 7.59. The Morgan fingerprint density at radius 3 is 2.54 bits per heavy atom. The molecule has 0 radical (unpaired) electrons. The number of carbonyl (C=O) groups is 2. The van der Waals surface area contributed by atoms with E-state index in [0.717, 1.165) is 25.2 Å². The fourth-order valence-electron chi connectivity index (χ4n) is 3.14. The topological polar surface area (TPSA) is 61.4 Å². The van der Waals surface area contributed by atoms with Crippen LogP contribution in [0, 0.1) is 0 Å². The molecule has 0 bridgehead atoms. The molecule has 26 heavy (non-hydrogen) atoms. The maximum atomic E-state index is 12.3. The Bertz CT molecular complexity index is 739. The number of benzene rings is 1. The summed E-state index contributed by atoms with van der Waals surface area (Å²) < 4.78 is 0. The number of thiophene rings is 1. The van der Waals surface area contributed by atoms with Crippen LogP contribution >= 0.6 is 11.3 Å². The van der Waals surface area contributed by atoms with E-state index in [0.29, 0.717) is 11.4 Å². The summed E-state index contributed by atoms with van der Waals surface area (Å²) in [6, 6.07) is 11.2. The van der Waals surface area contributed by atoms with E-state index in [4.69, 9.17) is 0 Å². The minimum Gasteiger partial charge on any atom is -0.350 e. The fraction of sp³-hybridized carbons (Fsp3) is 0.400. The van der Waals surface area contributed by atoms with Gasteiger partial charge in [-0.25, -0.2) is 0 Å². The molecule has 1 unspecified atom stereocenters. The molecule has 1 aliphatic heterocycles. The summed E-state index contributed by atoms with van der Waals surface area (Å²) in [7, 11) is 0. The van der Waals surface area contributed by atoms with Gasteiger partial charge in [-0.05, 0) is 55.4 Å². The molecule has 0 aliphatic carbocycles. The predicted octanol–water partition coefficient (Wildman–Crippen LogP) is 2.78. The van der Waals surface area contributed by atoms with Crippen LogP contribution in [0.5, 0.6) is 0 Å². The van der Waals surface area contributed by atoms with Gasteiger partial charge in [-0.3, -0.25) is 14.5 Å². The summed E-state index contributed by atoms with van der Waals surface area (Å²) in [5.74, 6) is -0.386. The van der Waals surface area contributed by atoms with E-state index in [2.05, 4.69) is 27.7 Å². The SMILES string of the molecule is CC(NC(=O)c1cccs1)C(=O)NCc1ccccc1CN1CCCC1. The van der Waals surface area contributed by atoms with Crippen molar-refractivity contribution in [2.24, 2.45) is 0 Å². The van der Waals surface area contributed by atoms with Crippen LogP contribution in [0.15, 0.2) is 41.8 Å². The van der Waals surface area contributed by atoms with Gasteiger partial charge in [0, 0.05) is 13.1 Å². The third-order valence-corrected chi connectivity index (χ3v) is 5.52. The lowest BCUT2D eigenvalue weighted by molar-refractivity contribution is -0.122. The summed E-state index contributed by atoms with van der Waals surface area (Å²) >= 11 is 1.36. The largest absolute Gasteiger partial charge is 0.350 e. The lowest BCUT2D eigenvalue weighted by atomic mass is 10.1. The Morgan fingerprint density at radius 1 is 1.12 bits per heavy atom. The van der Waals surface area contributed by atoms with Crippen molar-refractivity contribution in [1.29, 1.82) is 0 Å². The zero-order valence-corrected chi connectivity index (χ0v) is 15.8. The van der Waals surface area contributed by atoms with E-state index in [1.54, 1.807) is 13.0 Å². The minimum atomic E-state index is -0.574. The molecule has 2 amide bonds. The monoisotopic (exact) mass is 371 g/mol. The van der Waals surface area contributed by atoms with Crippen LogP contribution < -0.4 is 10.6 Å². The van der Waals surface area contributed by atoms with Crippen LogP contribution in [0.25, 0.3) is 0 Å². The Labute approximate surface area is 158 Å². The summed E-state index contributed by atoms with van der Waals surface area (Å²) in [4.78, 5) is 27.5. The van der Waals surface area contributed by atoms with E-state index in [1.807, 2.05) is 23.6 Å². The van der Waals surface area contributed by atoms with Gasteiger partial charge in [0.1, 0.15) is 6.04 Å². The number of amides is 2. The van der Waals surface area contributed by atoms with Crippen molar-refractivity contribution in [2.75, 3.05) is 13.1 Å². The normalized spacial score (nSPS) is 15.6. The molecule has 6 heteroatoms. The zero-order chi connectivity index (χ0) is 18.4. The molecular weight excluding hydrogens is 346 g/mol. The van der Waals surface area contributed by atoms with Crippen molar-refractivity contribution in [1.82, 2.24) is 15.5 Å². The maximum absolute atomic E-state index is 12.3. The third kappa shape index (κ3) is 4.93. The van der Waals surface area contributed by atoms with Crippen LogP contribution in [0.1, 0.15) is 40.6 Å². The van der Waals surface area contributed by atoms with Crippen molar-refractivity contribution >= 4 is 23.2 Å². The average molecular weight is 372 g/mol. The highest BCUT2D eigenvalue weighted by Crippen LogP contribution is 2.16. The predicted molar refractivity (Wildman–Crippen MR) is 104 cm³/mol. The second kappa shape index (κ2) is 8.96.